The van der Waals surface area contributed by atoms with Crippen LogP contribution in [-0.4, -0.2) is 55.4 Å². The lowest BCUT2D eigenvalue weighted by Gasteiger charge is -2.27. The van der Waals surface area contributed by atoms with Crippen LogP contribution in [0.3, 0.4) is 0 Å². The first kappa shape index (κ1) is 21.2. The van der Waals surface area contributed by atoms with E-state index >= 15 is 0 Å². The fourth-order valence-corrected chi connectivity index (χ4v) is 7.45. The molecule has 28 heavy (non-hydrogen) atoms. The van der Waals surface area contributed by atoms with Gasteiger partial charge in [0.15, 0.2) is 15.0 Å². The van der Waals surface area contributed by atoms with Crippen molar-refractivity contribution >= 4 is 44.0 Å². The predicted octanol–water partition coefficient (Wildman–Crippen LogP) is 3.18. The molecule has 1 aromatic carbocycles. The number of amidine groups is 1. The summed E-state index contributed by atoms with van der Waals surface area (Å²) < 4.78 is 24.4. The molecule has 0 N–H and O–H groups in total. The van der Waals surface area contributed by atoms with Gasteiger partial charge in [-0.2, -0.15) is 4.99 Å². The maximum absolute atomic E-state index is 12.5. The number of rotatable bonds is 4. The molecular weight excluding hydrogens is 394 g/mol. The molecule has 2 aliphatic heterocycles. The summed E-state index contributed by atoms with van der Waals surface area (Å²) in [6.45, 7) is 11.6. The van der Waals surface area contributed by atoms with E-state index in [0.29, 0.717) is 5.17 Å². The lowest BCUT2D eigenvalue weighted by atomic mass is 9.96. The molecule has 154 valence electrons. The van der Waals surface area contributed by atoms with Gasteiger partial charge in [-0.3, -0.25) is 4.79 Å². The van der Waals surface area contributed by atoms with Crippen LogP contribution >= 0.6 is 11.8 Å². The van der Waals surface area contributed by atoms with Gasteiger partial charge < -0.3 is 9.80 Å². The number of amides is 1. The van der Waals surface area contributed by atoms with E-state index in [1.807, 2.05) is 49.9 Å². The van der Waals surface area contributed by atoms with E-state index in [2.05, 4.69) is 23.7 Å². The van der Waals surface area contributed by atoms with Crippen LogP contribution in [-0.2, 0) is 14.6 Å². The smallest absolute Gasteiger partial charge is 0.253 e. The zero-order valence-corrected chi connectivity index (χ0v) is 18.8. The molecule has 1 aromatic rings. The van der Waals surface area contributed by atoms with Crippen LogP contribution in [0.5, 0.6) is 0 Å². The number of hydrogen-bond donors (Lipinski definition) is 0. The van der Waals surface area contributed by atoms with E-state index in [9.17, 15) is 13.2 Å². The Balaban J connectivity index is 1.97. The van der Waals surface area contributed by atoms with Crippen LogP contribution in [0.4, 0.5) is 11.4 Å². The van der Waals surface area contributed by atoms with Gasteiger partial charge in [-0.1, -0.05) is 32.5 Å². The van der Waals surface area contributed by atoms with Crippen molar-refractivity contribution in [3.05, 3.63) is 24.3 Å². The van der Waals surface area contributed by atoms with Crippen LogP contribution in [0.2, 0.25) is 0 Å². The molecular formula is C20H29N3O3S2. The molecule has 2 saturated heterocycles. The molecule has 0 saturated carbocycles. The van der Waals surface area contributed by atoms with Gasteiger partial charge in [0.2, 0.25) is 0 Å². The predicted molar refractivity (Wildman–Crippen MR) is 118 cm³/mol. The fourth-order valence-electron chi connectivity index (χ4n) is 3.53. The zero-order chi connectivity index (χ0) is 20.7. The van der Waals surface area contributed by atoms with Crippen molar-refractivity contribution in [1.29, 1.82) is 0 Å². The summed E-state index contributed by atoms with van der Waals surface area (Å²) >= 11 is 1.42. The number of carbonyl (C=O) groups excluding carboxylic acids is 1. The maximum Gasteiger partial charge on any atom is 0.253 e. The van der Waals surface area contributed by atoms with Crippen LogP contribution in [0.25, 0.3) is 0 Å². The molecule has 0 aliphatic carbocycles. The molecule has 0 spiro atoms. The van der Waals surface area contributed by atoms with Gasteiger partial charge in [-0.15, -0.1) is 0 Å². The molecule has 2 atom stereocenters. The molecule has 0 bridgehead atoms. The van der Waals surface area contributed by atoms with Crippen molar-refractivity contribution in [2.24, 2.45) is 10.4 Å². The Bertz CT molecular complexity index is 869. The molecule has 3 rings (SSSR count). The van der Waals surface area contributed by atoms with Crippen LogP contribution < -0.4 is 9.80 Å². The van der Waals surface area contributed by atoms with Crippen molar-refractivity contribution < 1.29 is 13.2 Å². The number of thioether (sulfide) groups is 1. The average molecular weight is 424 g/mol. The van der Waals surface area contributed by atoms with Gasteiger partial charge in [-0.05, 0) is 38.1 Å². The highest BCUT2D eigenvalue weighted by Gasteiger charge is 2.49. The Hall–Kier alpha value is -1.54. The minimum atomic E-state index is -3.07. The maximum atomic E-state index is 12.5. The van der Waals surface area contributed by atoms with Crippen molar-refractivity contribution in [3.8, 4) is 0 Å². The van der Waals surface area contributed by atoms with Crippen LogP contribution in [0, 0.1) is 5.41 Å². The molecule has 6 nitrogen and oxygen atoms in total. The van der Waals surface area contributed by atoms with E-state index in [1.54, 1.807) is 0 Å². The number of sulfone groups is 1. The van der Waals surface area contributed by atoms with E-state index in [1.165, 1.54) is 11.8 Å². The Morgan fingerprint density at radius 3 is 2.32 bits per heavy atom. The van der Waals surface area contributed by atoms with Gasteiger partial charge in [-0.25, -0.2) is 8.42 Å². The van der Waals surface area contributed by atoms with Gasteiger partial charge in [0.05, 0.1) is 17.5 Å². The highest BCUT2D eigenvalue weighted by Crippen LogP contribution is 2.41. The largest absolute Gasteiger partial charge is 0.372 e. The lowest BCUT2D eigenvalue weighted by Crippen LogP contribution is -2.38. The lowest BCUT2D eigenvalue weighted by molar-refractivity contribution is -0.124. The molecule has 8 heteroatoms. The number of hydrogen-bond acceptors (Lipinski definition) is 5. The molecule has 2 unspecified atom stereocenters. The summed E-state index contributed by atoms with van der Waals surface area (Å²) in [7, 11) is -3.07. The fraction of sp³-hybridized carbons (Fsp3) is 0.600. The molecule has 0 radical (unpaired) electrons. The standard InChI is InChI=1S/C20H29N3O3S2/c1-6-22(7-2)14-8-10-15(11-9-14)23-16-12-28(25,26)13-17(16)27-19(23)21-18(24)20(3,4)5/h8-11,16-17H,6-7,12-13H2,1-5H3. The van der Waals surface area contributed by atoms with Crippen molar-refractivity contribution in [2.45, 2.75) is 45.9 Å². The second kappa shape index (κ2) is 7.71. The third-order valence-corrected chi connectivity index (χ3v) is 8.37. The number of carbonyl (C=O) groups is 1. The third kappa shape index (κ3) is 4.22. The third-order valence-electron chi connectivity index (χ3n) is 5.16. The Morgan fingerprint density at radius 1 is 1.18 bits per heavy atom. The number of benzene rings is 1. The first-order valence-corrected chi connectivity index (χ1v) is 12.4. The molecule has 2 heterocycles. The van der Waals surface area contributed by atoms with Gasteiger partial charge in [0.25, 0.3) is 5.91 Å². The van der Waals surface area contributed by atoms with Gasteiger partial charge in [0, 0.05) is 35.1 Å². The van der Waals surface area contributed by atoms with E-state index in [0.717, 1.165) is 24.5 Å². The monoisotopic (exact) mass is 423 g/mol. The first-order chi connectivity index (χ1) is 13.1. The molecule has 1 amide bonds. The Kier molecular flexibility index (Phi) is 5.83. The summed E-state index contributed by atoms with van der Waals surface area (Å²) in [5, 5.41) is 0.527. The number of aliphatic imine (C=N–C) groups is 1. The summed E-state index contributed by atoms with van der Waals surface area (Å²) in [4.78, 5) is 21.1. The number of fused-ring (bicyclic) bond motifs is 1. The van der Waals surface area contributed by atoms with Crippen molar-refractivity contribution in [3.63, 3.8) is 0 Å². The highest BCUT2D eigenvalue weighted by atomic mass is 32.2. The van der Waals surface area contributed by atoms with Crippen molar-refractivity contribution in [1.82, 2.24) is 0 Å². The number of nitrogens with zero attached hydrogens (tertiary/aromatic N) is 3. The summed E-state index contributed by atoms with van der Waals surface area (Å²) in [5.41, 5.74) is 1.43. The van der Waals surface area contributed by atoms with Crippen molar-refractivity contribution in [2.75, 3.05) is 34.4 Å². The minimum Gasteiger partial charge on any atom is -0.372 e. The van der Waals surface area contributed by atoms with E-state index in [4.69, 9.17) is 0 Å². The molecule has 2 fully saturated rings. The van der Waals surface area contributed by atoms with Gasteiger partial charge >= 0.3 is 0 Å². The van der Waals surface area contributed by atoms with Gasteiger partial charge in [0.1, 0.15) is 0 Å². The van der Waals surface area contributed by atoms with E-state index in [-0.39, 0.29) is 28.7 Å². The second-order valence-corrected chi connectivity index (χ2v) is 11.7. The second-order valence-electron chi connectivity index (χ2n) is 8.31. The summed E-state index contributed by atoms with van der Waals surface area (Å²) in [6, 6.07) is 7.91. The number of anilines is 2. The minimum absolute atomic E-state index is 0.0843. The quantitative estimate of drug-likeness (QED) is 0.741. The van der Waals surface area contributed by atoms with E-state index < -0.39 is 15.3 Å². The molecule has 0 aromatic heterocycles. The highest BCUT2D eigenvalue weighted by molar-refractivity contribution is 8.16. The van der Waals surface area contributed by atoms with Crippen LogP contribution in [0.15, 0.2) is 29.3 Å². The zero-order valence-electron chi connectivity index (χ0n) is 17.2. The normalized spacial score (nSPS) is 25.2. The Labute approximate surface area is 172 Å². The SMILES string of the molecule is CCN(CC)c1ccc(N2C(=NC(=O)C(C)(C)C)SC3CS(=O)(=O)CC32)cc1. The first-order valence-electron chi connectivity index (χ1n) is 9.70. The summed E-state index contributed by atoms with van der Waals surface area (Å²) in [5.74, 6) is 0.0483. The van der Waals surface area contributed by atoms with Crippen LogP contribution in [0.1, 0.15) is 34.6 Å². The summed E-state index contributed by atoms with van der Waals surface area (Å²) in [6.07, 6.45) is 0. The molecule has 2 aliphatic rings. The average Bonchev–Trinajstić information content (AvgIpc) is 3.06. The topological polar surface area (TPSA) is 70.0 Å². The Morgan fingerprint density at radius 2 is 1.79 bits per heavy atom.